The second-order valence-corrected chi connectivity index (χ2v) is 9.81. The smallest absolute Gasteiger partial charge is 0.406 e. The van der Waals surface area contributed by atoms with Crippen molar-refractivity contribution in [2.24, 2.45) is 0 Å². The van der Waals surface area contributed by atoms with Crippen molar-refractivity contribution in [3.8, 4) is 5.75 Å². The number of alkyl halides is 3. The number of nitrogens with zero attached hydrogens (tertiary/aromatic N) is 1. The highest BCUT2D eigenvalue weighted by atomic mass is 32.2. The predicted octanol–water partition coefficient (Wildman–Crippen LogP) is 5.22. The molecule has 0 atom stereocenters. The van der Waals surface area contributed by atoms with Gasteiger partial charge in [-0.25, -0.2) is 12.8 Å². The van der Waals surface area contributed by atoms with Crippen molar-refractivity contribution in [1.29, 1.82) is 0 Å². The third-order valence-corrected chi connectivity index (χ3v) is 7.24. The Balaban J connectivity index is 1.97. The van der Waals surface area contributed by atoms with Crippen LogP contribution in [-0.2, 0) is 21.3 Å². The van der Waals surface area contributed by atoms with Crippen LogP contribution in [0.3, 0.4) is 0 Å². The number of sulfonamides is 1. The molecule has 1 aliphatic rings. The Hall–Kier alpha value is -2.17. The second-order valence-electron chi connectivity index (χ2n) is 7.92. The molecule has 176 valence electrons. The third kappa shape index (κ3) is 5.99. The van der Waals surface area contributed by atoms with E-state index in [1.807, 2.05) is 13.8 Å². The van der Waals surface area contributed by atoms with E-state index in [0.29, 0.717) is 26.1 Å². The molecule has 2 aromatic carbocycles. The Labute approximate surface area is 185 Å². The van der Waals surface area contributed by atoms with Crippen LogP contribution in [0.2, 0.25) is 0 Å². The zero-order valence-electron chi connectivity index (χ0n) is 17.7. The molecule has 2 aromatic rings. The number of hydrogen-bond donors (Lipinski definition) is 0. The zero-order chi connectivity index (χ0) is 23.5. The summed E-state index contributed by atoms with van der Waals surface area (Å²) in [6.07, 6.45) is -4.16. The standard InChI is InChI=1S/C22H25F4NO4S/c1-15(2)16-3-6-20(7-4-16)32(28,29)27(18-9-11-30-12-10-18)14-17-13-19(5-8-21(17)23)31-22(24,25)26/h3-8,13,15,18H,9-12,14H2,1-2H3. The normalized spacial score (nSPS) is 16.0. The molecule has 0 aliphatic carbocycles. The number of benzene rings is 2. The van der Waals surface area contributed by atoms with Crippen molar-refractivity contribution in [3.63, 3.8) is 0 Å². The fourth-order valence-electron chi connectivity index (χ4n) is 3.58. The molecule has 32 heavy (non-hydrogen) atoms. The predicted molar refractivity (Wildman–Crippen MR) is 110 cm³/mol. The first-order chi connectivity index (χ1) is 15.0. The molecule has 0 bridgehead atoms. The summed E-state index contributed by atoms with van der Waals surface area (Å²) in [7, 11) is -4.06. The second kappa shape index (κ2) is 9.76. The summed E-state index contributed by atoms with van der Waals surface area (Å²) in [4.78, 5) is 0.0384. The summed E-state index contributed by atoms with van der Waals surface area (Å²) >= 11 is 0. The molecular weight excluding hydrogens is 450 g/mol. The van der Waals surface area contributed by atoms with Gasteiger partial charge in [0, 0.05) is 31.4 Å². The highest BCUT2D eigenvalue weighted by Crippen LogP contribution is 2.30. The Bertz CT molecular complexity index is 1020. The van der Waals surface area contributed by atoms with Crippen molar-refractivity contribution in [2.75, 3.05) is 13.2 Å². The fraction of sp³-hybridized carbons (Fsp3) is 0.455. The SMILES string of the molecule is CC(C)c1ccc(S(=O)(=O)N(Cc2cc(OC(F)(F)F)ccc2F)C2CCOCC2)cc1. The third-order valence-electron chi connectivity index (χ3n) is 5.33. The van der Waals surface area contributed by atoms with Gasteiger partial charge in [-0.1, -0.05) is 26.0 Å². The largest absolute Gasteiger partial charge is 0.573 e. The molecule has 1 saturated heterocycles. The number of hydrogen-bond acceptors (Lipinski definition) is 4. The van der Waals surface area contributed by atoms with E-state index >= 15 is 0 Å². The maximum absolute atomic E-state index is 14.5. The lowest BCUT2D eigenvalue weighted by Gasteiger charge is -2.33. The van der Waals surface area contributed by atoms with E-state index < -0.39 is 40.5 Å². The quantitative estimate of drug-likeness (QED) is 0.516. The van der Waals surface area contributed by atoms with Gasteiger partial charge in [0.15, 0.2) is 0 Å². The van der Waals surface area contributed by atoms with Gasteiger partial charge in [0.25, 0.3) is 0 Å². The molecule has 0 spiro atoms. The van der Waals surface area contributed by atoms with Crippen molar-refractivity contribution in [2.45, 2.75) is 56.5 Å². The monoisotopic (exact) mass is 475 g/mol. The van der Waals surface area contributed by atoms with Crippen LogP contribution >= 0.6 is 0 Å². The number of halogens is 4. The zero-order valence-corrected chi connectivity index (χ0v) is 18.5. The summed E-state index contributed by atoms with van der Waals surface area (Å²) in [5.41, 5.74) is 0.755. The van der Waals surface area contributed by atoms with Gasteiger partial charge in [0.05, 0.1) is 4.90 Å². The Kier molecular flexibility index (Phi) is 7.46. The highest BCUT2D eigenvalue weighted by Gasteiger charge is 2.34. The topological polar surface area (TPSA) is 55.8 Å². The molecule has 10 heteroatoms. The molecule has 1 fully saturated rings. The van der Waals surface area contributed by atoms with Gasteiger partial charge in [0.2, 0.25) is 10.0 Å². The van der Waals surface area contributed by atoms with Crippen molar-refractivity contribution >= 4 is 10.0 Å². The van der Waals surface area contributed by atoms with Crippen LogP contribution in [0.1, 0.15) is 43.7 Å². The molecule has 1 heterocycles. The van der Waals surface area contributed by atoms with Gasteiger partial charge in [-0.05, 0) is 54.7 Å². The summed E-state index contributed by atoms with van der Waals surface area (Å²) in [5.74, 6) is -1.22. The van der Waals surface area contributed by atoms with Crippen LogP contribution in [0.5, 0.6) is 5.75 Å². The molecule has 0 saturated carbocycles. The molecule has 0 N–H and O–H groups in total. The van der Waals surface area contributed by atoms with Crippen molar-refractivity contribution in [3.05, 3.63) is 59.4 Å². The molecule has 0 unspecified atom stereocenters. The van der Waals surface area contributed by atoms with Crippen molar-refractivity contribution in [1.82, 2.24) is 4.31 Å². The van der Waals surface area contributed by atoms with Gasteiger partial charge >= 0.3 is 6.36 Å². The average molecular weight is 476 g/mol. The van der Waals surface area contributed by atoms with Gasteiger partial charge in [0.1, 0.15) is 11.6 Å². The Morgan fingerprint density at radius 2 is 1.72 bits per heavy atom. The minimum Gasteiger partial charge on any atom is -0.406 e. The van der Waals surface area contributed by atoms with Gasteiger partial charge < -0.3 is 9.47 Å². The van der Waals surface area contributed by atoms with E-state index in [1.165, 1.54) is 12.1 Å². The van der Waals surface area contributed by atoms with Crippen LogP contribution in [-0.4, -0.2) is 38.3 Å². The van der Waals surface area contributed by atoms with Crippen LogP contribution in [0.25, 0.3) is 0 Å². The van der Waals surface area contributed by atoms with Crippen LogP contribution in [0.15, 0.2) is 47.4 Å². The van der Waals surface area contributed by atoms with E-state index in [2.05, 4.69) is 4.74 Å². The Morgan fingerprint density at radius 1 is 1.09 bits per heavy atom. The lowest BCUT2D eigenvalue weighted by Crippen LogP contribution is -2.43. The average Bonchev–Trinajstić information content (AvgIpc) is 2.73. The maximum atomic E-state index is 14.5. The van der Waals surface area contributed by atoms with E-state index in [9.17, 15) is 26.0 Å². The lowest BCUT2D eigenvalue weighted by molar-refractivity contribution is -0.274. The molecule has 1 aliphatic heterocycles. The van der Waals surface area contributed by atoms with E-state index in [-0.39, 0.29) is 16.4 Å². The number of ether oxygens (including phenoxy) is 2. The van der Waals surface area contributed by atoms with Gasteiger partial charge in [-0.15, -0.1) is 13.2 Å². The summed E-state index contributed by atoms with van der Waals surface area (Å²) in [6.45, 7) is 4.21. The summed E-state index contributed by atoms with van der Waals surface area (Å²) in [5, 5.41) is 0. The molecule has 3 rings (SSSR count). The number of rotatable bonds is 7. The minimum absolute atomic E-state index is 0.0384. The van der Waals surface area contributed by atoms with Crippen LogP contribution in [0, 0.1) is 5.82 Å². The van der Waals surface area contributed by atoms with Crippen LogP contribution in [0.4, 0.5) is 17.6 Å². The van der Waals surface area contributed by atoms with Gasteiger partial charge in [-0.2, -0.15) is 4.31 Å². The highest BCUT2D eigenvalue weighted by molar-refractivity contribution is 7.89. The molecule has 0 aromatic heterocycles. The summed E-state index contributed by atoms with van der Waals surface area (Å²) < 4.78 is 89.6. The van der Waals surface area contributed by atoms with E-state index in [0.717, 1.165) is 28.1 Å². The molecule has 0 amide bonds. The van der Waals surface area contributed by atoms with Crippen molar-refractivity contribution < 1.29 is 35.5 Å². The molecular formula is C22H25F4NO4S. The van der Waals surface area contributed by atoms with E-state index in [4.69, 9.17) is 4.74 Å². The lowest BCUT2D eigenvalue weighted by atomic mass is 10.0. The molecule has 5 nitrogen and oxygen atoms in total. The first-order valence-electron chi connectivity index (χ1n) is 10.2. The van der Waals surface area contributed by atoms with Crippen LogP contribution < -0.4 is 4.74 Å². The first-order valence-corrected chi connectivity index (χ1v) is 11.6. The molecule has 0 radical (unpaired) electrons. The fourth-order valence-corrected chi connectivity index (χ4v) is 5.24. The first kappa shape index (κ1) is 24.5. The van der Waals surface area contributed by atoms with E-state index in [1.54, 1.807) is 12.1 Å². The summed E-state index contributed by atoms with van der Waals surface area (Å²) in [6, 6.07) is 8.52. The van der Waals surface area contributed by atoms with Gasteiger partial charge in [-0.3, -0.25) is 0 Å². The Morgan fingerprint density at radius 3 is 2.28 bits per heavy atom. The maximum Gasteiger partial charge on any atom is 0.573 e. The minimum atomic E-state index is -4.94.